The first kappa shape index (κ1) is 13.3. The first-order valence-electron chi connectivity index (χ1n) is 6.81. The van der Waals surface area contributed by atoms with Crippen molar-refractivity contribution in [3.05, 3.63) is 0 Å². The molecule has 1 amide bonds. The van der Waals surface area contributed by atoms with Gasteiger partial charge in [-0.1, -0.05) is 19.3 Å². The van der Waals surface area contributed by atoms with E-state index in [9.17, 15) is 9.59 Å². The molecule has 18 heavy (non-hydrogen) atoms. The molecule has 0 bridgehead atoms. The van der Waals surface area contributed by atoms with E-state index in [2.05, 4.69) is 0 Å². The highest BCUT2D eigenvalue weighted by Gasteiger charge is 2.43. The predicted octanol–water partition coefficient (Wildman–Crippen LogP) is 0.971. The van der Waals surface area contributed by atoms with Crippen molar-refractivity contribution in [3.8, 4) is 0 Å². The molecule has 1 atom stereocenters. The average molecular weight is 254 g/mol. The van der Waals surface area contributed by atoms with Gasteiger partial charge in [-0.05, 0) is 25.2 Å². The number of likely N-dealkylation sites (tertiary alicyclic amines) is 1. The lowest BCUT2D eigenvalue weighted by Gasteiger charge is -2.25. The van der Waals surface area contributed by atoms with Crippen LogP contribution in [-0.2, 0) is 9.59 Å². The van der Waals surface area contributed by atoms with Gasteiger partial charge in [0.1, 0.15) is 5.54 Å². The lowest BCUT2D eigenvalue weighted by Crippen LogP contribution is -2.50. The summed E-state index contributed by atoms with van der Waals surface area (Å²) in [5, 5.41) is 9.03. The SMILES string of the molecule is NC1(C(=O)O)CCN(C(=O)CC2CCCCC2)C1. The normalized spacial score (nSPS) is 29.5. The molecule has 5 heteroatoms. The van der Waals surface area contributed by atoms with Crippen LogP contribution in [0, 0.1) is 5.92 Å². The molecule has 5 nitrogen and oxygen atoms in total. The Bertz CT molecular complexity index is 339. The molecule has 2 fully saturated rings. The first-order chi connectivity index (χ1) is 8.51. The molecule has 0 spiro atoms. The summed E-state index contributed by atoms with van der Waals surface area (Å²) in [6.07, 6.45) is 6.90. The summed E-state index contributed by atoms with van der Waals surface area (Å²) in [6.45, 7) is 0.641. The number of carbonyl (C=O) groups excluding carboxylic acids is 1. The van der Waals surface area contributed by atoms with Gasteiger partial charge in [-0.2, -0.15) is 0 Å². The Morgan fingerprint density at radius 1 is 1.28 bits per heavy atom. The average Bonchev–Trinajstić information content (AvgIpc) is 2.75. The van der Waals surface area contributed by atoms with Gasteiger partial charge in [0.05, 0.1) is 0 Å². The van der Waals surface area contributed by atoms with Crippen LogP contribution in [0.2, 0.25) is 0 Å². The molecule has 2 aliphatic rings. The van der Waals surface area contributed by atoms with Gasteiger partial charge in [0.15, 0.2) is 0 Å². The molecular weight excluding hydrogens is 232 g/mol. The summed E-state index contributed by atoms with van der Waals surface area (Å²) in [6, 6.07) is 0. The van der Waals surface area contributed by atoms with E-state index in [0.717, 1.165) is 12.8 Å². The fourth-order valence-corrected chi connectivity index (χ4v) is 2.99. The predicted molar refractivity (Wildman–Crippen MR) is 66.9 cm³/mol. The third kappa shape index (κ3) is 2.83. The van der Waals surface area contributed by atoms with E-state index in [1.165, 1.54) is 19.3 Å². The number of carbonyl (C=O) groups is 2. The Morgan fingerprint density at radius 3 is 2.50 bits per heavy atom. The zero-order valence-electron chi connectivity index (χ0n) is 10.7. The maximum Gasteiger partial charge on any atom is 0.325 e. The molecule has 1 aliphatic carbocycles. The summed E-state index contributed by atoms with van der Waals surface area (Å²) in [7, 11) is 0. The minimum absolute atomic E-state index is 0.0791. The number of hydrogen-bond donors (Lipinski definition) is 2. The Hall–Kier alpha value is -1.10. The van der Waals surface area contributed by atoms with Crippen molar-refractivity contribution >= 4 is 11.9 Å². The molecule has 1 saturated carbocycles. The second-order valence-corrected chi connectivity index (χ2v) is 5.73. The quantitative estimate of drug-likeness (QED) is 0.786. The van der Waals surface area contributed by atoms with Crippen LogP contribution in [0.4, 0.5) is 0 Å². The van der Waals surface area contributed by atoms with Gasteiger partial charge < -0.3 is 15.7 Å². The highest BCUT2D eigenvalue weighted by Crippen LogP contribution is 2.28. The molecule has 1 saturated heterocycles. The number of rotatable bonds is 3. The highest BCUT2D eigenvalue weighted by atomic mass is 16.4. The van der Waals surface area contributed by atoms with Gasteiger partial charge in [-0.3, -0.25) is 9.59 Å². The van der Waals surface area contributed by atoms with Crippen LogP contribution in [0.3, 0.4) is 0 Å². The van der Waals surface area contributed by atoms with Crippen molar-refractivity contribution in [1.82, 2.24) is 4.90 Å². The summed E-state index contributed by atoms with van der Waals surface area (Å²) in [5.74, 6) is -0.435. The van der Waals surface area contributed by atoms with Gasteiger partial charge in [-0.15, -0.1) is 0 Å². The molecular formula is C13H22N2O3. The van der Waals surface area contributed by atoms with Gasteiger partial charge >= 0.3 is 5.97 Å². The number of aliphatic carboxylic acids is 1. The minimum atomic E-state index is -1.23. The molecule has 0 aromatic carbocycles. The maximum absolute atomic E-state index is 12.1. The number of nitrogens with zero attached hydrogens (tertiary/aromatic N) is 1. The van der Waals surface area contributed by atoms with Crippen molar-refractivity contribution in [2.45, 2.75) is 50.5 Å². The molecule has 1 unspecified atom stereocenters. The number of hydrogen-bond acceptors (Lipinski definition) is 3. The van der Waals surface area contributed by atoms with Gasteiger partial charge in [0.2, 0.25) is 5.91 Å². The second-order valence-electron chi connectivity index (χ2n) is 5.73. The maximum atomic E-state index is 12.1. The fraction of sp³-hybridized carbons (Fsp3) is 0.846. The minimum Gasteiger partial charge on any atom is -0.480 e. The number of carboxylic acid groups (broad SMARTS) is 1. The van der Waals surface area contributed by atoms with Crippen molar-refractivity contribution in [3.63, 3.8) is 0 Å². The van der Waals surface area contributed by atoms with Gasteiger partial charge in [0.25, 0.3) is 0 Å². The van der Waals surface area contributed by atoms with Gasteiger partial charge in [-0.25, -0.2) is 0 Å². The molecule has 0 aromatic rings. The largest absolute Gasteiger partial charge is 0.480 e. The summed E-state index contributed by atoms with van der Waals surface area (Å²) >= 11 is 0. The Morgan fingerprint density at radius 2 is 1.94 bits per heavy atom. The lowest BCUT2D eigenvalue weighted by atomic mass is 9.86. The van der Waals surface area contributed by atoms with Crippen LogP contribution >= 0.6 is 0 Å². The van der Waals surface area contributed by atoms with Crippen molar-refractivity contribution < 1.29 is 14.7 Å². The molecule has 102 valence electrons. The monoisotopic (exact) mass is 254 g/mol. The first-order valence-corrected chi connectivity index (χ1v) is 6.81. The van der Waals surface area contributed by atoms with Crippen LogP contribution in [-0.4, -0.2) is 40.5 Å². The third-order valence-electron chi connectivity index (χ3n) is 4.27. The topological polar surface area (TPSA) is 83.6 Å². The Kier molecular flexibility index (Phi) is 3.90. The molecule has 1 aliphatic heterocycles. The lowest BCUT2D eigenvalue weighted by molar-refractivity contribution is -0.143. The standard InChI is InChI=1S/C13H22N2O3/c14-13(12(17)18)6-7-15(9-13)11(16)8-10-4-2-1-3-5-10/h10H,1-9,14H2,(H,17,18). The number of amides is 1. The summed E-state index contributed by atoms with van der Waals surface area (Å²) < 4.78 is 0. The highest BCUT2D eigenvalue weighted by molar-refractivity contribution is 5.83. The molecule has 2 rings (SSSR count). The number of carboxylic acids is 1. The Balaban J connectivity index is 1.85. The van der Waals surface area contributed by atoms with Crippen molar-refractivity contribution in [1.29, 1.82) is 0 Å². The van der Waals surface area contributed by atoms with Crippen molar-refractivity contribution in [2.75, 3.05) is 13.1 Å². The molecule has 0 radical (unpaired) electrons. The molecule has 3 N–H and O–H groups in total. The van der Waals surface area contributed by atoms with E-state index in [0.29, 0.717) is 25.3 Å². The van der Waals surface area contributed by atoms with E-state index < -0.39 is 11.5 Å². The fourth-order valence-electron chi connectivity index (χ4n) is 2.99. The van der Waals surface area contributed by atoms with Crippen LogP contribution in [0.15, 0.2) is 0 Å². The van der Waals surface area contributed by atoms with Gasteiger partial charge in [0, 0.05) is 19.5 Å². The van der Waals surface area contributed by atoms with Crippen LogP contribution in [0.25, 0.3) is 0 Å². The van der Waals surface area contributed by atoms with E-state index in [1.807, 2.05) is 0 Å². The Labute approximate surface area is 107 Å². The van der Waals surface area contributed by atoms with Crippen molar-refractivity contribution in [2.24, 2.45) is 11.7 Å². The zero-order chi connectivity index (χ0) is 13.2. The molecule has 1 heterocycles. The summed E-state index contributed by atoms with van der Waals surface area (Å²) in [5.41, 5.74) is 4.54. The van der Waals surface area contributed by atoms with E-state index in [1.54, 1.807) is 4.90 Å². The van der Waals surface area contributed by atoms with E-state index in [-0.39, 0.29) is 12.5 Å². The third-order valence-corrected chi connectivity index (χ3v) is 4.27. The number of nitrogens with two attached hydrogens (primary N) is 1. The molecule has 0 aromatic heterocycles. The second kappa shape index (κ2) is 5.26. The van der Waals surface area contributed by atoms with Crippen LogP contribution in [0.1, 0.15) is 44.9 Å². The summed E-state index contributed by atoms with van der Waals surface area (Å²) in [4.78, 5) is 24.7. The smallest absolute Gasteiger partial charge is 0.325 e. The zero-order valence-corrected chi connectivity index (χ0v) is 10.7. The van der Waals surface area contributed by atoms with E-state index in [4.69, 9.17) is 10.8 Å². The van der Waals surface area contributed by atoms with Crippen LogP contribution < -0.4 is 5.73 Å². The van der Waals surface area contributed by atoms with E-state index >= 15 is 0 Å². The van der Waals surface area contributed by atoms with Crippen LogP contribution in [0.5, 0.6) is 0 Å².